The highest BCUT2D eigenvalue weighted by molar-refractivity contribution is 6.29. The molecule has 0 saturated carbocycles. The second-order valence-electron chi connectivity index (χ2n) is 6.10. The molecule has 1 aromatic carbocycles. The second-order valence-corrected chi connectivity index (χ2v) is 6.10. The maximum absolute atomic E-state index is 13.0. The number of hydrogen-bond donors (Lipinski definition) is 1. The Morgan fingerprint density at radius 2 is 1.77 bits per heavy atom. The third-order valence-corrected chi connectivity index (χ3v) is 4.24. The van der Waals surface area contributed by atoms with Gasteiger partial charge < -0.3 is 0 Å². The minimum atomic E-state index is -1.16. The van der Waals surface area contributed by atoms with Crippen LogP contribution >= 0.6 is 0 Å². The Morgan fingerprint density at radius 3 is 2.32 bits per heavy atom. The van der Waals surface area contributed by atoms with Crippen LogP contribution in [0.3, 0.4) is 0 Å². The van der Waals surface area contributed by atoms with Gasteiger partial charge in [-0.15, -0.1) is 0 Å². The number of imide groups is 2. The highest BCUT2D eigenvalue weighted by Crippen LogP contribution is 2.36. The molecule has 0 aliphatic carbocycles. The fraction of sp³-hybridized carbons (Fsp3) is 0.471. The van der Waals surface area contributed by atoms with Gasteiger partial charge >= 0.3 is 6.03 Å². The van der Waals surface area contributed by atoms with Gasteiger partial charge in [0.1, 0.15) is 5.41 Å². The van der Waals surface area contributed by atoms with Crippen LogP contribution in [-0.4, -0.2) is 17.8 Å². The van der Waals surface area contributed by atoms with Crippen molar-refractivity contribution in [2.24, 2.45) is 11.3 Å². The number of hydrogen-bond acceptors (Lipinski definition) is 3. The minimum Gasteiger partial charge on any atom is -0.276 e. The van der Waals surface area contributed by atoms with E-state index in [1.165, 1.54) is 0 Å². The molecule has 0 unspecified atom stereocenters. The molecular weight excluding hydrogens is 280 g/mol. The Kier molecular flexibility index (Phi) is 4.64. The van der Waals surface area contributed by atoms with Crippen LogP contribution in [-0.2, 0) is 9.59 Å². The molecular formula is C17H22N2O3. The number of para-hydroxylation sites is 1. The molecule has 1 N–H and O–H groups in total. The van der Waals surface area contributed by atoms with Crippen molar-refractivity contribution in [2.45, 2.75) is 40.0 Å². The van der Waals surface area contributed by atoms with E-state index in [2.05, 4.69) is 19.2 Å². The Bertz CT molecular complexity index is 583. The molecule has 1 atom stereocenters. The number of rotatable bonds is 5. The molecule has 22 heavy (non-hydrogen) atoms. The molecule has 5 nitrogen and oxygen atoms in total. The van der Waals surface area contributed by atoms with Gasteiger partial charge in [0.25, 0.3) is 5.91 Å². The Morgan fingerprint density at radius 1 is 1.14 bits per heavy atom. The first kappa shape index (κ1) is 16.2. The molecule has 4 amide bonds. The molecule has 1 heterocycles. The van der Waals surface area contributed by atoms with Gasteiger partial charge in [0.15, 0.2) is 0 Å². The van der Waals surface area contributed by atoms with Gasteiger partial charge in [-0.05, 0) is 37.3 Å². The van der Waals surface area contributed by atoms with E-state index in [0.717, 1.165) is 11.3 Å². The number of carbonyl (C=O) groups excluding carboxylic acids is 3. The van der Waals surface area contributed by atoms with Gasteiger partial charge in [0.05, 0.1) is 5.69 Å². The van der Waals surface area contributed by atoms with E-state index >= 15 is 0 Å². The van der Waals surface area contributed by atoms with E-state index < -0.39 is 23.3 Å². The largest absolute Gasteiger partial charge is 0.335 e. The number of barbiturate groups is 1. The van der Waals surface area contributed by atoms with E-state index in [1.807, 2.05) is 13.0 Å². The van der Waals surface area contributed by atoms with Gasteiger partial charge in [0, 0.05) is 0 Å². The summed E-state index contributed by atoms with van der Waals surface area (Å²) < 4.78 is 0. The zero-order valence-electron chi connectivity index (χ0n) is 13.3. The van der Waals surface area contributed by atoms with Crippen molar-refractivity contribution < 1.29 is 14.4 Å². The zero-order chi connectivity index (χ0) is 16.3. The topological polar surface area (TPSA) is 66.5 Å². The summed E-state index contributed by atoms with van der Waals surface area (Å²) in [5.74, 6) is -0.514. The van der Waals surface area contributed by atoms with Crippen LogP contribution in [0, 0.1) is 11.3 Å². The first-order chi connectivity index (χ1) is 10.4. The van der Waals surface area contributed by atoms with E-state index in [9.17, 15) is 14.4 Å². The Balaban J connectivity index is 2.40. The summed E-state index contributed by atoms with van der Waals surface area (Å²) in [5.41, 5.74) is -0.673. The molecule has 1 saturated heterocycles. The van der Waals surface area contributed by atoms with Crippen LogP contribution in [0.4, 0.5) is 10.5 Å². The van der Waals surface area contributed by atoms with Crippen molar-refractivity contribution in [3.8, 4) is 0 Å². The van der Waals surface area contributed by atoms with E-state index in [1.54, 1.807) is 24.3 Å². The second kappa shape index (κ2) is 6.30. The van der Waals surface area contributed by atoms with Crippen LogP contribution in [0.25, 0.3) is 0 Å². The number of nitrogens with zero attached hydrogens (tertiary/aromatic N) is 1. The first-order valence-corrected chi connectivity index (χ1v) is 7.67. The molecule has 2 rings (SSSR count). The zero-order valence-corrected chi connectivity index (χ0v) is 13.3. The third-order valence-electron chi connectivity index (χ3n) is 4.24. The molecule has 1 fully saturated rings. The molecule has 118 valence electrons. The lowest BCUT2D eigenvalue weighted by Gasteiger charge is -2.39. The van der Waals surface area contributed by atoms with Crippen LogP contribution in [0.15, 0.2) is 30.3 Å². The van der Waals surface area contributed by atoms with Crippen LogP contribution in [0.2, 0.25) is 0 Å². The van der Waals surface area contributed by atoms with Gasteiger partial charge in [-0.25, -0.2) is 9.69 Å². The lowest BCUT2D eigenvalue weighted by molar-refractivity contribution is -0.143. The smallest absolute Gasteiger partial charge is 0.276 e. The summed E-state index contributed by atoms with van der Waals surface area (Å²) in [5, 5.41) is 2.35. The fourth-order valence-corrected chi connectivity index (χ4v) is 2.73. The number of carbonyl (C=O) groups is 3. The van der Waals surface area contributed by atoms with Crippen molar-refractivity contribution in [2.75, 3.05) is 4.90 Å². The van der Waals surface area contributed by atoms with Crippen molar-refractivity contribution in [3.05, 3.63) is 30.3 Å². The molecule has 5 heteroatoms. The number of anilines is 1. The Hall–Kier alpha value is -2.17. The standard InChI is InChI=1S/C17H22N2O3/c1-4-17(11-10-12(2)3)14(20)18-16(22)19(15(17)21)13-8-6-5-7-9-13/h5-9,12H,4,10-11H2,1-3H3,(H,18,20,22)/t17-/m0/s1. The quantitative estimate of drug-likeness (QED) is 0.850. The average Bonchev–Trinajstić information content (AvgIpc) is 2.48. The van der Waals surface area contributed by atoms with Crippen LogP contribution in [0.1, 0.15) is 40.0 Å². The molecule has 1 aromatic rings. The minimum absolute atomic E-state index is 0.376. The summed E-state index contributed by atoms with van der Waals surface area (Å²) >= 11 is 0. The number of benzene rings is 1. The molecule has 0 bridgehead atoms. The number of urea groups is 1. The van der Waals surface area contributed by atoms with Crippen LogP contribution < -0.4 is 10.2 Å². The van der Waals surface area contributed by atoms with E-state index in [-0.39, 0.29) is 0 Å². The maximum atomic E-state index is 13.0. The van der Waals surface area contributed by atoms with Crippen molar-refractivity contribution in [3.63, 3.8) is 0 Å². The van der Waals surface area contributed by atoms with Crippen molar-refractivity contribution in [1.82, 2.24) is 5.32 Å². The fourth-order valence-electron chi connectivity index (χ4n) is 2.73. The Labute approximate surface area is 130 Å². The van der Waals surface area contributed by atoms with E-state index in [4.69, 9.17) is 0 Å². The molecule has 0 spiro atoms. The van der Waals surface area contributed by atoms with Crippen molar-refractivity contribution in [1.29, 1.82) is 0 Å². The molecule has 1 aliphatic rings. The van der Waals surface area contributed by atoms with Crippen LogP contribution in [0.5, 0.6) is 0 Å². The van der Waals surface area contributed by atoms with Gasteiger partial charge in [0.2, 0.25) is 5.91 Å². The van der Waals surface area contributed by atoms with Gasteiger partial charge in [-0.2, -0.15) is 0 Å². The molecule has 0 radical (unpaired) electrons. The summed E-state index contributed by atoms with van der Waals surface area (Å²) in [6, 6.07) is 8.04. The number of nitrogens with one attached hydrogen (secondary N) is 1. The highest BCUT2D eigenvalue weighted by Gasteiger charge is 2.52. The summed E-state index contributed by atoms with van der Waals surface area (Å²) in [6.45, 7) is 5.92. The predicted molar refractivity (Wildman–Crippen MR) is 84.3 cm³/mol. The first-order valence-electron chi connectivity index (χ1n) is 7.67. The summed E-state index contributed by atoms with van der Waals surface area (Å²) in [7, 11) is 0. The van der Waals surface area contributed by atoms with Gasteiger partial charge in [-0.1, -0.05) is 39.0 Å². The monoisotopic (exact) mass is 302 g/mol. The molecule has 1 aliphatic heterocycles. The third kappa shape index (κ3) is 2.75. The van der Waals surface area contributed by atoms with E-state index in [0.29, 0.717) is 24.4 Å². The summed E-state index contributed by atoms with van der Waals surface area (Å²) in [6.07, 6.45) is 1.58. The van der Waals surface area contributed by atoms with Crippen molar-refractivity contribution >= 4 is 23.5 Å². The number of amides is 4. The van der Waals surface area contributed by atoms with Gasteiger partial charge in [-0.3, -0.25) is 14.9 Å². The summed E-state index contributed by atoms with van der Waals surface area (Å²) in [4.78, 5) is 38.6. The highest BCUT2D eigenvalue weighted by atomic mass is 16.2. The lowest BCUT2D eigenvalue weighted by Crippen LogP contribution is -2.64. The maximum Gasteiger partial charge on any atom is 0.335 e. The average molecular weight is 302 g/mol. The SMILES string of the molecule is CC[C@]1(CCC(C)C)C(=O)NC(=O)N(c2ccccc2)C1=O. The normalized spacial score (nSPS) is 22.2. The predicted octanol–water partition coefficient (Wildman–Crippen LogP) is 3.10. The molecule has 0 aromatic heterocycles. The lowest BCUT2D eigenvalue weighted by atomic mass is 9.75.